The molecule has 1 amide bonds. The lowest BCUT2D eigenvalue weighted by Gasteiger charge is -2.10. The van der Waals surface area contributed by atoms with Gasteiger partial charge in [-0.25, -0.2) is 0 Å². The topological polar surface area (TPSA) is 94.6 Å². The fraction of sp³-hybridized carbons (Fsp3) is 0.211. The predicted molar refractivity (Wildman–Crippen MR) is 113 cm³/mol. The quantitative estimate of drug-likeness (QED) is 0.540. The summed E-state index contributed by atoms with van der Waals surface area (Å²) in [6.07, 6.45) is 0. The number of rotatable bonds is 7. The molecule has 0 fully saturated rings. The van der Waals surface area contributed by atoms with Crippen molar-refractivity contribution in [3.8, 4) is 17.2 Å². The molecular weight excluding hydrogens is 412 g/mol. The molecule has 1 aliphatic rings. The summed E-state index contributed by atoms with van der Waals surface area (Å²) in [5, 5.41) is 14.7. The Morgan fingerprint density at radius 1 is 1.17 bits per heavy atom. The van der Waals surface area contributed by atoms with Crippen molar-refractivity contribution >= 4 is 45.5 Å². The Hall–Kier alpha value is -2.98. The van der Waals surface area contributed by atoms with Crippen LogP contribution in [-0.2, 0) is 4.79 Å². The number of carbonyl (C=O) groups excluding carboxylic acids is 1. The number of aromatic nitrogens is 2. The van der Waals surface area contributed by atoms with Crippen molar-refractivity contribution in [1.82, 2.24) is 10.2 Å². The molecular formula is C19H18N4O4S2. The zero-order chi connectivity index (χ0) is 20.2. The molecule has 2 aromatic carbocycles. The first kappa shape index (κ1) is 19.3. The maximum absolute atomic E-state index is 12.5. The van der Waals surface area contributed by atoms with Gasteiger partial charge < -0.3 is 24.8 Å². The van der Waals surface area contributed by atoms with E-state index in [1.54, 1.807) is 25.3 Å². The van der Waals surface area contributed by atoms with Crippen molar-refractivity contribution in [2.24, 2.45) is 0 Å². The van der Waals surface area contributed by atoms with Crippen molar-refractivity contribution in [3.05, 3.63) is 42.5 Å². The van der Waals surface area contributed by atoms with Gasteiger partial charge in [0.05, 0.1) is 12.4 Å². The average Bonchev–Trinajstić information content (AvgIpc) is 3.37. The highest BCUT2D eigenvalue weighted by molar-refractivity contribution is 8.02. The van der Waals surface area contributed by atoms with Crippen LogP contribution in [0.1, 0.15) is 6.92 Å². The van der Waals surface area contributed by atoms with Gasteiger partial charge in [-0.15, -0.1) is 10.2 Å². The zero-order valence-corrected chi connectivity index (χ0v) is 17.3. The molecule has 0 saturated heterocycles. The summed E-state index contributed by atoms with van der Waals surface area (Å²) in [5.74, 6) is 1.92. The number of hydrogen-bond acceptors (Lipinski definition) is 9. The maximum Gasteiger partial charge on any atom is 0.237 e. The molecule has 2 N–H and O–H groups in total. The second kappa shape index (κ2) is 8.58. The van der Waals surface area contributed by atoms with Gasteiger partial charge >= 0.3 is 0 Å². The Morgan fingerprint density at radius 3 is 2.90 bits per heavy atom. The highest BCUT2D eigenvalue weighted by Crippen LogP contribution is 2.35. The number of amides is 1. The Kier molecular flexibility index (Phi) is 5.72. The number of hydrogen-bond donors (Lipinski definition) is 2. The van der Waals surface area contributed by atoms with Crippen molar-refractivity contribution in [1.29, 1.82) is 0 Å². The summed E-state index contributed by atoms with van der Waals surface area (Å²) in [4.78, 5) is 12.5. The van der Waals surface area contributed by atoms with E-state index in [4.69, 9.17) is 14.2 Å². The first-order valence-electron chi connectivity index (χ1n) is 8.72. The van der Waals surface area contributed by atoms with Crippen LogP contribution < -0.4 is 24.8 Å². The number of thioether (sulfide) groups is 1. The third kappa shape index (κ3) is 4.72. The molecule has 8 nitrogen and oxygen atoms in total. The normalized spacial score (nSPS) is 13.0. The SMILES string of the molecule is COc1cccc(Nc2nnc(S[C@@H](C)C(=O)Nc3ccc4c(c3)OCO4)s2)c1. The summed E-state index contributed by atoms with van der Waals surface area (Å²) in [6.45, 7) is 2.02. The molecule has 0 bridgehead atoms. The van der Waals surface area contributed by atoms with Gasteiger partial charge in [0.1, 0.15) is 5.75 Å². The third-order valence-corrected chi connectivity index (χ3v) is 6.04. The Labute approximate surface area is 175 Å². The minimum atomic E-state index is -0.349. The van der Waals surface area contributed by atoms with E-state index in [0.29, 0.717) is 26.7 Å². The van der Waals surface area contributed by atoms with Crippen LogP contribution >= 0.6 is 23.1 Å². The molecule has 3 aromatic rings. The van der Waals surface area contributed by atoms with Gasteiger partial charge in [-0.2, -0.15) is 0 Å². The van der Waals surface area contributed by atoms with E-state index >= 15 is 0 Å². The van der Waals surface area contributed by atoms with Crippen LogP contribution in [0.5, 0.6) is 17.2 Å². The number of carbonyl (C=O) groups is 1. The van der Waals surface area contributed by atoms with E-state index in [1.165, 1.54) is 23.1 Å². The van der Waals surface area contributed by atoms with E-state index in [2.05, 4.69) is 20.8 Å². The van der Waals surface area contributed by atoms with Crippen LogP contribution in [0.4, 0.5) is 16.5 Å². The molecule has 1 aliphatic heterocycles. The molecule has 0 saturated carbocycles. The van der Waals surface area contributed by atoms with Gasteiger partial charge in [-0.1, -0.05) is 29.2 Å². The minimum absolute atomic E-state index is 0.133. The van der Waals surface area contributed by atoms with E-state index in [0.717, 1.165) is 11.4 Å². The molecule has 0 aliphatic carbocycles. The monoisotopic (exact) mass is 430 g/mol. The summed E-state index contributed by atoms with van der Waals surface area (Å²) in [6, 6.07) is 12.8. The summed E-state index contributed by atoms with van der Waals surface area (Å²) >= 11 is 2.73. The van der Waals surface area contributed by atoms with E-state index in [1.807, 2.05) is 31.2 Å². The Bertz CT molecular complexity index is 1030. The fourth-order valence-electron chi connectivity index (χ4n) is 2.56. The second-order valence-corrected chi connectivity index (χ2v) is 8.61. The number of fused-ring (bicyclic) bond motifs is 1. The number of methoxy groups -OCH3 is 1. The van der Waals surface area contributed by atoms with Gasteiger partial charge in [0, 0.05) is 23.5 Å². The maximum atomic E-state index is 12.5. The van der Waals surface area contributed by atoms with Crippen LogP contribution in [0.25, 0.3) is 0 Å². The Balaban J connectivity index is 1.34. The first-order chi connectivity index (χ1) is 14.1. The van der Waals surface area contributed by atoms with E-state index < -0.39 is 0 Å². The van der Waals surface area contributed by atoms with Crippen LogP contribution in [0.2, 0.25) is 0 Å². The first-order valence-corrected chi connectivity index (χ1v) is 10.4. The van der Waals surface area contributed by atoms with Gasteiger partial charge in [-0.05, 0) is 31.2 Å². The number of nitrogens with zero attached hydrogens (tertiary/aromatic N) is 2. The fourth-order valence-corrected chi connectivity index (χ4v) is 4.47. The van der Waals surface area contributed by atoms with Gasteiger partial charge in [0.15, 0.2) is 15.8 Å². The summed E-state index contributed by atoms with van der Waals surface area (Å²) < 4.78 is 16.5. The molecule has 29 heavy (non-hydrogen) atoms. The number of nitrogens with one attached hydrogen (secondary N) is 2. The number of ether oxygens (including phenoxy) is 3. The Morgan fingerprint density at radius 2 is 2.03 bits per heavy atom. The molecule has 2 heterocycles. The highest BCUT2D eigenvalue weighted by Gasteiger charge is 2.19. The van der Waals surface area contributed by atoms with Crippen LogP contribution in [0, 0.1) is 0 Å². The van der Waals surface area contributed by atoms with Crippen LogP contribution in [0.3, 0.4) is 0 Å². The van der Waals surface area contributed by atoms with Crippen molar-refractivity contribution in [2.45, 2.75) is 16.5 Å². The molecule has 150 valence electrons. The van der Waals surface area contributed by atoms with Gasteiger partial charge in [0.25, 0.3) is 0 Å². The van der Waals surface area contributed by atoms with Gasteiger partial charge in [0.2, 0.25) is 17.8 Å². The lowest BCUT2D eigenvalue weighted by Crippen LogP contribution is -2.22. The van der Waals surface area contributed by atoms with Crippen molar-refractivity contribution in [3.63, 3.8) is 0 Å². The van der Waals surface area contributed by atoms with Gasteiger partial charge in [-0.3, -0.25) is 4.79 Å². The lowest BCUT2D eigenvalue weighted by molar-refractivity contribution is -0.115. The number of anilines is 3. The molecule has 0 spiro atoms. The summed E-state index contributed by atoms with van der Waals surface area (Å²) in [5.41, 5.74) is 1.51. The number of benzene rings is 2. The van der Waals surface area contributed by atoms with E-state index in [-0.39, 0.29) is 18.0 Å². The van der Waals surface area contributed by atoms with Crippen molar-refractivity contribution in [2.75, 3.05) is 24.5 Å². The highest BCUT2D eigenvalue weighted by atomic mass is 32.2. The molecule has 10 heteroatoms. The van der Waals surface area contributed by atoms with Crippen LogP contribution in [0.15, 0.2) is 46.8 Å². The lowest BCUT2D eigenvalue weighted by atomic mass is 10.2. The molecule has 0 radical (unpaired) electrons. The van der Waals surface area contributed by atoms with Crippen LogP contribution in [-0.4, -0.2) is 35.3 Å². The third-order valence-electron chi connectivity index (χ3n) is 4.01. The molecule has 4 rings (SSSR count). The average molecular weight is 431 g/mol. The largest absolute Gasteiger partial charge is 0.497 e. The standard InChI is InChI=1S/C19H18N4O4S2/c1-11(17(24)20-13-6-7-15-16(9-13)27-10-26-15)28-19-23-22-18(29-19)21-12-4-3-5-14(8-12)25-2/h3-9,11H,10H2,1-2H3,(H,20,24)(H,21,22)/t11-/m0/s1. The second-order valence-electron chi connectivity index (χ2n) is 6.05. The van der Waals surface area contributed by atoms with E-state index in [9.17, 15) is 4.79 Å². The smallest absolute Gasteiger partial charge is 0.237 e. The molecule has 1 atom stereocenters. The molecule has 1 aromatic heterocycles. The molecule has 0 unspecified atom stereocenters. The minimum Gasteiger partial charge on any atom is -0.497 e. The summed E-state index contributed by atoms with van der Waals surface area (Å²) in [7, 11) is 1.62. The van der Waals surface area contributed by atoms with Crippen molar-refractivity contribution < 1.29 is 19.0 Å². The predicted octanol–water partition coefficient (Wildman–Crippen LogP) is 4.14. The zero-order valence-electron chi connectivity index (χ0n) is 15.7.